The average Bonchev–Trinajstić information content (AvgIpc) is 3.13. The van der Waals surface area contributed by atoms with Crippen LogP contribution in [0.3, 0.4) is 0 Å². The van der Waals surface area contributed by atoms with Gasteiger partial charge in [-0.1, -0.05) is 24.3 Å². The number of ketones is 1. The van der Waals surface area contributed by atoms with Crippen LogP contribution in [0.15, 0.2) is 54.6 Å². The lowest BCUT2D eigenvalue weighted by molar-refractivity contribution is 0.0947. The molecule has 0 radical (unpaired) electrons. The molecule has 0 spiro atoms. The van der Waals surface area contributed by atoms with Gasteiger partial charge in [0.2, 0.25) is 6.79 Å². The molecule has 0 aromatic heterocycles. The van der Waals surface area contributed by atoms with Crippen LogP contribution in [0.2, 0.25) is 0 Å². The zero-order valence-corrected chi connectivity index (χ0v) is 15.1. The molecule has 0 bridgehead atoms. The van der Waals surface area contributed by atoms with Crippen molar-refractivity contribution in [3.05, 3.63) is 65.7 Å². The molecular weight excluding hydrogens is 342 g/mol. The molecule has 0 aliphatic carbocycles. The molecule has 1 aliphatic heterocycles. The maximum atomic E-state index is 12.6. The number of fused-ring (bicyclic) bond motifs is 2. The molecule has 0 saturated heterocycles. The predicted molar refractivity (Wildman–Crippen MR) is 104 cm³/mol. The van der Waals surface area contributed by atoms with Gasteiger partial charge in [-0.05, 0) is 60.1 Å². The molecule has 1 aliphatic rings. The molecule has 5 nitrogen and oxygen atoms in total. The Bertz CT molecular complexity index is 999. The van der Waals surface area contributed by atoms with Crippen LogP contribution in [0.1, 0.15) is 15.9 Å². The Morgan fingerprint density at radius 3 is 2.67 bits per heavy atom. The highest BCUT2D eigenvalue weighted by Gasteiger charge is 2.14. The SMILES string of the molecule is CN(CCc1ccc2c(c1)OCO2)CC(=O)c1ccc2cc(O)ccc2c1. The third-order valence-corrected chi connectivity index (χ3v) is 4.78. The molecule has 0 fully saturated rings. The van der Waals surface area contributed by atoms with Gasteiger partial charge in [0.15, 0.2) is 17.3 Å². The Labute approximate surface area is 157 Å². The summed E-state index contributed by atoms with van der Waals surface area (Å²) in [5.74, 6) is 1.88. The molecule has 0 saturated carbocycles. The zero-order valence-electron chi connectivity index (χ0n) is 15.1. The monoisotopic (exact) mass is 363 g/mol. The van der Waals surface area contributed by atoms with Crippen molar-refractivity contribution < 1.29 is 19.4 Å². The lowest BCUT2D eigenvalue weighted by Gasteiger charge is -2.16. The van der Waals surface area contributed by atoms with E-state index in [9.17, 15) is 9.90 Å². The minimum Gasteiger partial charge on any atom is -0.508 e. The summed E-state index contributed by atoms with van der Waals surface area (Å²) < 4.78 is 10.7. The molecule has 3 aromatic carbocycles. The molecule has 1 N–H and O–H groups in total. The molecule has 0 atom stereocenters. The fourth-order valence-electron chi connectivity index (χ4n) is 3.24. The van der Waals surface area contributed by atoms with Crippen LogP contribution in [0.4, 0.5) is 0 Å². The lowest BCUT2D eigenvalue weighted by Crippen LogP contribution is -2.28. The number of phenols is 1. The number of Topliss-reactive ketones (excluding diaryl/α,β-unsaturated/α-hetero) is 1. The van der Waals surface area contributed by atoms with E-state index < -0.39 is 0 Å². The van der Waals surface area contributed by atoms with Crippen molar-refractivity contribution in [2.45, 2.75) is 6.42 Å². The number of rotatable bonds is 6. The maximum Gasteiger partial charge on any atom is 0.231 e. The van der Waals surface area contributed by atoms with Gasteiger partial charge in [0.05, 0.1) is 6.54 Å². The number of hydrogen-bond acceptors (Lipinski definition) is 5. The first-order valence-electron chi connectivity index (χ1n) is 8.91. The van der Waals surface area contributed by atoms with E-state index in [1.807, 2.05) is 54.4 Å². The van der Waals surface area contributed by atoms with Crippen LogP contribution < -0.4 is 9.47 Å². The summed E-state index contributed by atoms with van der Waals surface area (Å²) in [5.41, 5.74) is 1.84. The highest BCUT2D eigenvalue weighted by atomic mass is 16.7. The smallest absolute Gasteiger partial charge is 0.231 e. The standard InChI is InChI=1S/C22H21NO4/c1-23(9-8-15-2-7-21-22(10-15)27-14-26-21)13-20(25)18-4-3-17-12-19(24)6-5-16(17)11-18/h2-7,10-12,24H,8-9,13-14H2,1H3. The van der Waals surface area contributed by atoms with Crippen LogP contribution in [0.25, 0.3) is 10.8 Å². The van der Waals surface area contributed by atoms with Crippen LogP contribution in [-0.4, -0.2) is 42.7 Å². The minimum atomic E-state index is 0.0816. The van der Waals surface area contributed by atoms with Crippen molar-refractivity contribution in [1.29, 1.82) is 0 Å². The molecule has 3 aromatic rings. The first-order valence-corrected chi connectivity index (χ1v) is 8.91. The maximum absolute atomic E-state index is 12.6. The number of benzene rings is 3. The van der Waals surface area contributed by atoms with E-state index in [-0.39, 0.29) is 18.3 Å². The fourth-order valence-corrected chi connectivity index (χ4v) is 3.24. The summed E-state index contributed by atoms with van der Waals surface area (Å²) in [6.07, 6.45) is 0.831. The Balaban J connectivity index is 1.37. The lowest BCUT2D eigenvalue weighted by atomic mass is 10.0. The van der Waals surface area contributed by atoms with Crippen LogP contribution in [0, 0.1) is 0 Å². The Kier molecular flexibility index (Phi) is 4.69. The third kappa shape index (κ3) is 3.88. The highest BCUT2D eigenvalue weighted by molar-refractivity contribution is 6.01. The van der Waals surface area contributed by atoms with Crippen molar-refractivity contribution in [2.75, 3.05) is 26.9 Å². The normalized spacial score (nSPS) is 12.7. The number of carbonyl (C=O) groups excluding carboxylic acids is 1. The second-order valence-corrected chi connectivity index (χ2v) is 6.84. The summed E-state index contributed by atoms with van der Waals surface area (Å²) in [7, 11) is 1.95. The van der Waals surface area contributed by atoms with Gasteiger partial charge in [0.25, 0.3) is 0 Å². The van der Waals surface area contributed by atoms with Crippen molar-refractivity contribution in [1.82, 2.24) is 4.90 Å². The second-order valence-electron chi connectivity index (χ2n) is 6.84. The number of aromatic hydroxyl groups is 1. The van der Waals surface area contributed by atoms with E-state index >= 15 is 0 Å². The number of ether oxygens (including phenoxy) is 2. The summed E-state index contributed by atoms with van der Waals surface area (Å²) in [4.78, 5) is 14.6. The van der Waals surface area contributed by atoms with Crippen molar-refractivity contribution in [3.8, 4) is 17.2 Å². The Hall–Kier alpha value is -3.05. The minimum absolute atomic E-state index is 0.0816. The number of phenolic OH excluding ortho intramolecular Hbond substituents is 1. The summed E-state index contributed by atoms with van der Waals surface area (Å²) in [5, 5.41) is 11.4. The first-order chi connectivity index (χ1) is 13.1. The van der Waals surface area contributed by atoms with Gasteiger partial charge in [0.1, 0.15) is 5.75 Å². The van der Waals surface area contributed by atoms with Crippen LogP contribution in [0.5, 0.6) is 17.2 Å². The fraction of sp³-hybridized carbons (Fsp3) is 0.227. The van der Waals surface area contributed by atoms with Gasteiger partial charge < -0.3 is 14.6 Å². The van der Waals surface area contributed by atoms with Gasteiger partial charge in [-0.25, -0.2) is 0 Å². The number of likely N-dealkylation sites (N-methyl/N-ethyl adjacent to an activating group) is 1. The third-order valence-electron chi connectivity index (χ3n) is 4.78. The number of carbonyl (C=O) groups is 1. The molecule has 138 valence electrons. The van der Waals surface area contributed by atoms with E-state index in [4.69, 9.17) is 9.47 Å². The summed E-state index contributed by atoms with van der Waals surface area (Å²) in [6, 6.07) is 16.7. The Morgan fingerprint density at radius 1 is 1.00 bits per heavy atom. The van der Waals surface area contributed by atoms with E-state index in [0.29, 0.717) is 12.1 Å². The van der Waals surface area contributed by atoms with Gasteiger partial charge in [-0.2, -0.15) is 0 Å². The average molecular weight is 363 g/mol. The molecule has 4 rings (SSSR count). The topological polar surface area (TPSA) is 59.0 Å². The van der Waals surface area contributed by atoms with Gasteiger partial charge in [-0.3, -0.25) is 9.69 Å². The van der Waals surface area contributed by atoms with E-state index in [1.165, 1.54) is 0 Å². The van der Waals surface area contributed by atoms with Gasteiger partial charge in [0, 0.05) is 12.1 Å². The molecular formula is C22H21NO4. The number of hydrogen-bond donors (Lipinski definition) is 1. The van der Waals surface area contributed by atoms with Gasteiger partial charge >= 0.3 is 0 Å². The van der Waals surface area contributed by atoms with Crippen molar-refractivity contribution in [3.63, 3.8) is 0 Å². The van der Waals surface area contributed by atoms with E-state index in [0.717, 1.165) is 40.8 Å². The quantitative estimate of drug-likeness (QED) is 0.678. The second kappa shape index (κ2) is 7.29. The zero-order chi connectivity index (χ0) is 18.8. The van der Waals surface area contributed by atoms with Crippen molar-refractivity contribution in [2.24, 2.45) is 0 Å². The molecule has 27 heavy (non-hydrogen) atoms. The summed E-state index contributed by atoms with van der Waals surface area (Å²) >= 11 is 0. The molecule has 5 heteroatoms. The van der Waals surface area contributed by atoms with E-state index in [1.54, 1.807) is 12.1 Å². The van der Waals surface area contributed by atoms with Crippen molar-refractivity contribution >= 4 is 16.6 Å². The predicted octanol–water partition coefficient (Wildman–Crippen LogP) is 3.63. The molecule has 0 unspecified atom stereocenters. The molecule has 1 heterocycles. The summed E-state index contributed by atoms with van der Waals surface area (Å²) in [6.45, 7) is 1.40. The first kappa shape index (κ1) is 17.4. The number of nitrogens with zero attached hydrogens (tertiary/aromatic N) is 1. The van der Waals surface area contributed by atoms with Crippen LogP contribution >= 0.6 is 0 Å². The largest absolute Gasteiger partial charge is 0.508 e. The van der Waals surface area contributed by atoms with E-state index in [2.05, 4.69) is 0 Å². The van der Waals surface area contributed by atoms with Gasteiger partial charge in [-0.15, -0.1) is 0 Å². The Morgan fingerprint density at radius 2 is 1.78 bits per heavy atom. The molecule has 0 amide bonds. The highest BCUT2D eigenvalue weighted by Crippen LogP contribution is 2.32. The van der Waals surface area contributed by atoms with Crippen LogP contribution in [-0.2, 0) is 6.42 Å².